The van der Waals surface area contributed by atoms with Crippen molar-refractivity contribution in [3.8, 4) is 10.6 Å². The van der Waals surface area contributed by atoms with Crippen LogP contribution in [0.2, 0.25) is 15.1 Å². The topological polar surface area (TPSA) is 38.9 Å². The number of anilines is 1. The SMILES string of the molecule is Nc1c(Cl)ccc(Cl)c1-c1nc2cc(Cl)ccc2s1. The molecule has 2 aromatic carbocycles. The zero-order valence-electron chi connectivity index (χ0n) is 9.45. The predicted molar refractivity (Wildman–Crippen MR) is 84.5 cm³/mol. The largest absolute Gasteiger partial charge is 0.397 e. The van der Waals surface area contributed by atoms with Crippen LogP contribution in [0, 0.1) is 0 Å². The molecule has 2 N–H and O–H groups in total. The van der Waals surface area contributed by atoms with Crippen LogP contribution in [0.5, 0.6) is 0 Å². The van der Waals surface area contributed by atoms with Gasteiger partial charge in [-0.1, -0.05) is 34.8 Å². The molecule has 0 aliphatic rings. The van der Waals surface area contributed by atoms with Crippen LogP contribution in [-0.2, 0) is 0 Å². The highest BCUT2D eigenvalue weighted by atomic mass is 35.5. The quantitative estimate of drug-likeness (QED) is 0.598. The Hall–Kier alpha value is -1.00. The Morgan fingerprint density at radius 3 is 2.53 bits per heavy atom. The number of aromatic nitrogens is 1. The molecular weight excluding hydrogens is 323 g/mol. The van der Waals surface area contributed by atoms with Gasteiger partial charge in [0, 0.05) is 5.02 Å². The summed E-state index contributed by atoms with van der Waals surface area (Å²) in [7, 11) is 0. The molecule has 0 aliphatic carbocycles. The van der Waals surface area contributed by atoms with E-state index < -0.39 is 0 Å². The van der Waals surface area contributed by atoms with E-state index in [1.54, 1.807) is 12.1 Å². The van der Waals surface area contributed by atoms with Crippen molar-refractivity contribution < 1.29 is 0 Å². The van der Waals surface area contributed by atoms with Gasteiger partial charge in [0.25, 0.3) is 0 Å². The van der Waals surface area contributed by atoms with Crippen LogP contribution in [0.1, 0.15) is 0 Å². The van der Waals surface area contributed by atoms with Gasteiger partial charge in [-0.2, -0.15) is 0 Å². The fourth-order valence-corrected chi connectivity index (χ4v) is 3.45. The summed E-state index contributed by atoms with van der Waals surface area (Å²) < 4.78 is 1.02. The van der Waals surface area contributed by atoms with Crippen molar-refractivity contribution in [3.05, 3.63) is 45.4 Å². The molecule has 1 heterocycles. The summed E-state index contributed by atoms with van der Waals surface area (Å²) in [5.74, 6) is 0. The molecule has 0 fully saturated rings. The number of halogens is 3. The van der Waals surface area contributed by atoms with Gasteiger partial charge in [0.15, 0.2) is 0 Å². The van der Waals surface area contributed by atoms with E-state index in [9.17, 15) is 0 Å². The molecule has 6 heteroatoms. The predicted octanol–water partition coefficient (Wildman–Crippen LogP) is 5.51. The van der Waals surface area contributed by atoms with Crippen LogP contribution in [0.4, 0.5) is 5.69 Å². The van der Waals surface area contributed by atoms with Crippen molar-refractivity contribution in [1.82, 2.24) is 4.98 Å². The molecular formula is C13H7Cl3N2S. The molecule has 3 aromatic rings. The van der Waals surface area contributed by atoms with E-state index in [4.69, 9.17) is 40.5 Å². The average Bonchev–Trinajstić information content (AvgIpc) is 2.77. The summed E-state index contributed by atoms with van der Waals surface area (Å²) in [5, 5.41) is 2.39. The molecule has 0 amide bonds. The molecule has 0 saturated carbocycles. The molecule has 0 bridgehead atoms. The second-order valence-electron chi connectivity index (χ2n) is 3.95. The minimum Gasteiger partial charge on any atom is -0.397 e. The Balaban J connectivity index is 2.27. The summed E-state index contributed by atoms with van der Waals surface area (Å²) in [5.41, 5.74) is 7.93. The zero-order valence-corrected chi connectivity index (χ0v) is 12.5. The maximum absolute atomic E-state index is 6.20. The van der Waals surface area contributed by atoms with E-state index in [1.165, 1.54) is 11.3 Å². The third kappa shape index (κ3) is 2.28. The third-order valence-electron chi connectivity index (χ3n) is 2.70. The molecule has 0 atom stereocenters. The smallest absolute Gasteiger partial charge is 0.128 e. The van der Waals surface area contributed by atoms with Gasteiger partial charge in [0.05, 0.1) is 31.5 Å². The molecule has 3 rings (SSSR count). The fraction of sp³-hybridized carbons (Fsp3) is 0. The van der Waals surface area contributed by atoms with Crippen molar-refractivity contribution in [2.24, 2.45) is 0 Å². The van der Waals surface area contributed by atoms with E-state index in [0.29, 0.717) is 26.3 Å². The van der Waals surface area contributed by atoms with Gasteiger partial charge in [0.1, 0.15) is 5.01 Å². The monoisotopic (exact) mass is 328 g/mol. The van der Waals surface area contributed by atoms with Crippen molar-refractivity contribution >= 4 is 62.0 Å². The van der Waals surface area contributed by atoms with Gasteiger partial charge < -0.3 is 5.73 Å². The lowest BCUT2D eigenvalue weighted by molar-refractivity contribution is 1.48. The van der Waals surface area contributed by atoms with Gasteiger partial charge in [-0.25, -0.2) is 4.98 Å². The Bertz CT molecular complexity index is 783. The molecule has 96 valence electrons. The molecule has 0 radical (unpaired) electrons. The molecule has 0 spiro atoms. The lowest BCUT2D eigenvalue weighted by Crippen LogP contribution is -1.91. The molecule has 0 saturated heterocycles. The summed E-state index contributed by atoms with van der Waals surface area (Å²) in [6.07, 6.45) is 0. The number of fused-ring (bicyclic) bond motifs is 1. The number of benzene rings is 2. The average molecular weight is 330 g/mol. The summed E-state index contributed by atoms with van der Waals surface area (Å²) in [6.45, 7) is 0. The van der Waals surface area contributed by atoms with E-state index in [-0.39, 0.29) is 0 Å². The Morgan fingerprint density at radius 1 is 1.00 bits per heavy atom. The van der Waals surface area contributed by atoms with E-state index in [0.717, 1.165) is 15.2 Å². The second kappa shape index (κ2) is 4.84. The zero-order chi connectivity index (χ0) is 13.6. The number of nitrogens with two attached hydrogens (primary N) is 1. The Labute approximate surface area is 128 Å². The first-order chi connectivity index (χ1) is 9.06. The van der Waals surface area contributed by atoms with Gasteiger partial charge in [-0.3, -0.25) is 0 Å². The van der Waals surface area contributed by atoms with Crippen molar-refractivity contribution in [2.75, 3.05) is 5.73 Å². The minimum absolute atomic E-state index is 0.444. The van der Waals surface area contributed by atoms with Crippen molar-refractivity contribution in [2.45, 2.75) is 0 Å². The highest BCUT2D eigenvalue weighted by Crippen LogP contribution is 2.41. The maximum Gasteiger partial charge on any atom is 0.128 e. The molecule has 2 nitrogen and oxygen atoms in total. The maximum atomic E-state index is 6.20. The number of rotatable bonds is 1. The lowest BCUT2D eigenvalue weighted by Gasteiger charge is -2.06. The minimum atomic E-state index is 0.444. The van der Waals surface area contributed by atoms with Crippen molar-refractivity contribution in [1.29, 1.82) is 0 Å². The van der Waals surface area contributed by atoms with Crippen LogP contribution in [0.15, 0.2) is 30.3 Å². The van der Waals surface area contributed by atoms with Crippen LogP contribution in [0.3, 0.4) is 0 Å². The van der Waals surface area contributed by atoms with E-state index >= 15 is 0 Å². The molecule has 0 aliphatic heterocycles. The highest BCUT2D eigenvalue weighted by Gasteiger charge is 2.15. The van der Waals surface area contributed by atoms with Crippen LogP contribution >= 0.6 is 46.1 Å². The lowest BCUT2D eigenvalue weighted by atomic mass is 10.2. The Morgan fingerprint density at radius 2 is 1.74 bits per heavy atom. The summed E-state index contributed by atoms with van der Waals surface area (Å²) >= 11 is 19.7. The number of thiazole rings is 1. The summed E-state index contributed by atoms with van der Waals surface area (Å²) in [4.78, 5) is 4.52. The van der Waals surface area contributed by atoms with Gasteiger partial charge in [-0.15, -0.1) is 11.3 Å². The second-order valence-corrected chi connectivity index (χ2v) is 6.23. The number of hydrogen-bond acceptors (Lipinski definition) is 3. The number of hydrogen-bond donors (Lipinski definition) is 1. The first kappa shape index (κ1) is 13.0. The van der Waals surface area contributed by atoms with Crippen LogP contribution in [-0.4, -0.2) is 4.98 Å². The molecule has 19 heavy (non-hydrogen) atoms. The molecule has 1 aromatic heterocycles. The Kier molecular flexibility index (Phi) is 3.31. The van der Waals surface area contributed by atoms with E-state index in [1.807, 2.05) is 18.2 Å². The van der Waals surface area contributed by atoms with Gasteiger partial charge >= 0.3 is 0 Å². The summed E-state index contributed by atoms with van der Waals surface area (Å²) in [6, 6.07) is 8.95. The standard InChI is InChI=1S/C13H7Cl3N2S/c14-6-1-4-10-9(5-6)18-13(19-10)11-7(15)2-3-8(16)12(11)17/h1-5H,17H2. The van der Waals surface area contributed by atoms with Crippen LogP contribution < -0.4 is 5.73 Å². The normalized spacial score (nSPS) is 11.1. The van der Waals surface area contributed by atoms with Gasteiger partial charge in [0.2, 0.25) is 0 Å². The number of nitrogens with zero attached hydrogens (tertiary/aromatic N) is 1. The number of nitrogen functional groups attached to an aromatic ring is 1. The van der Waals surface area contributed by atoms with Crippen molar-refractivity contribution in [3.63, 3.8) is 0 Å². The van der Waals surface area contributed by atoms with Crippen LogP contribution in [0.25, 0.3) is 20.8 Å². The fourth-order valence-electron chi connectivity index (χ4n) is 1.79. The molecule has 0 unspecified atom stereocenters. The first-order valence-electron chi connectivity index (χ1n) is 5.36. The third-order valence-corrected chi connectivity index (χ3v) is 4.64. The van der Waals surface area contributed by atoms with E-state index in [2.05, 4.69) is 4.98 Å². The van der Waals surface area contributed by atoms with Gasteiger partial charge in [-0.05, 0) is 30.3 Å². The first-order valence-corrected chi connectivity index (χ1v) is 7.31. The highest BCUT2D eigenvalue weighted by molar-refractivity contribution is 7.21.